The number of nitrogens with one attached hydrogen (secondary N) is 1. The maximum atomic E-state index is 13.5. The summed E-state index contributed by atoms with van der Waals surface area (Å²) in [4.78, 5) is 22.5. The van der Waals surface area contributed by atoms with Gasteiger partial charge in [0.15, 0.2) is 0 Å². The van der Waals surface area contributed by atoms with Gasteiger partial charge in [0.1, 0.15) is 5.82 Å². The lowest BCUT2D eigenvalue weighted by Crippen LogP contribution is -2.49. The summed E-state index contributed by atoms with van der Waals surface area (Å²) in [5.41, 5.74) is 7.72. The number of benzene rings is 3. The number of anilines is 2. The Morgan fingerprint density at radius 1 is 0.778 bits per heavy atom. The van der Waals surface area contributed by atoms with Crippen LogP contribution < -0.4 is 5.32 Å². The fourth-order valence-corrected chi connectivity index (χ4v) is 6.74. The van der Waals surface area contributed by atoms with Crippen molar-refractivity contribution in [2.75, 3.05) is 77.8 Å². The van der Waals surface area contributed by atoms with E-state index in [2.05, 4.69) is 63.7 Å². The topological polar surface area (TPSA) is 47.0 Å². The Morgan fingerprint density at radius 2 is 1.47 bits per heavy atom. The number of amides is 1. The van der Waals surface area contributed by atoms with Crippen molar-refractivity contribution in [1.82, 2.24) is 24.2 Å². The number of aryl methyl sites for hydroxylation is 2. The van der Waals surface area contributed by atoms with Crippen molar-refractivity contribution in [2.45, 2.75) is 33.2 Å². The number of fused-ring (bicyclic) bond motifs is 1. The van der Waals surface area contributed by atoms with Gasteiger partial charge in [0.05, 0.1) is 0 Å². The molecule has 0 radical (unpaired) electrons. The molecule has 0 unspecified atom stereocenters. The Morgan fingerprint density at radius 3 is 2.20 bits per heavy atom. The first-order valence-corrected chi connectivity index (χ1v) is 16.5. The largest absolute Gasteiger partial charge is 0.356 e. The number of hydrogen-bond acceptors (Lipinski definition) is 5. The fourth-order valence-electron chi connectivity index (χ4n) is 6.74. The molecule has 1 amide bonds. The standard InChI is InChI=1S/C37H47FN6O/c1-28-29(2)44(16-5-15-41-20-18-40(3)19-21-41)36-13-12-34(27-35(28)36)39-33-10-8-31(9-11-33)37(45)43-24-22-42(23-25-43)17-14-30-6-4-7-32(38)26-30/h4,6-13,26-27,39H,5,14-25H2,1-3H3. The van der Waals surface area contributed by atoms with Crippen LogP contribution in [0.25, 0.3) is 10.9 Å². The summed E-state index contributed by atoms with van der Waals surface area (Å²) in [5, 5.41) is 4.84. The van der Waals surface area contributed by atoms with Crippen molar-refractivity contribution in [2.24, 2.45) is 0 Å². The van der Waals surface area contributed by atoms with E-state index in [0.717, 1.165) is 75.6 Å². The van der Waals surface area contributed by atoms with Crippen LogP contribution in [0.1, 0.15) is 33.6 Å². The highest BCUT2D eigenvalue weighted by Gasteiger charge is 2.22. The molecule has 2 fully saturated rings. The third-order valence-corrected chi connectivity index (χ3v) is 9.78. The number of likely N-dealkylation sites (N-methyl/N-ethyl adjacent to an activating group) is 1. The second-order valence-corrected chi connectivity index (χ2v) is 12.8. The molecule has 2 aliphatic heterocycles. The summed E-state index contributed by atoms with van der Waals surface area (Å²) in [6, 6.07) is 21.3. The minimum atomic E-state index is -0.187. The normalized spacial score (nSPS) is 16.8. The molecular weight excluding hydrogens is 563 g/mol. The van der Waals surface area contributed by atoms with Gasteiger partial charge in [-0.15, -0.1) is 0 Å². The Labute approximate surface area is 267 Å². The number of hydrogen-bond donors (Lipinski definition) is 1. The summed E-state index contributed by atoms with van der Waals surface area (Å²) in [6.07, 6.45) is 1.97. The van der Waals surface area contributed by atoms with E-state index in [1.807, 2.05) is 35.2 Å². The zero-order chi connectivity index (χ0) is 31.3. The molecule has 8 heteroatoms. The third-order valence-electron chi connectivity index (χ3n) is 9.78. The molecule has 2 saturated heterocycles. The first-order valence-electron chi connectivity index (χ1n) is 16.5. The van der Waals surface area contributed by atoms with Gasteiger partial charge in [-0.25, -0.2) is 4.39 Å². The summed E-state index contributed by atoms with van der Waals surface area (Å²) >= 11 is 0. The van der Waals surface area contributed by atoms with Crippen LogP contribution in [-0.4, -0.2) is 103 Å². The van der Waals surface area contributed by atoms with Crippen molar-refractivity contribution in [1.29, 1.82) is 0 Å². The van der Waals surface area contributed by atoms with Crippen molar-refractivity contribution in [3.63, 3.8) is 0 Å². The molecule has 0 aliphatic carbocycles. The van der Waals surface area contributed by atoms with E-state index in [-0.39, 0.29) is 11.7 Å². The molecule has 0 bridgehead atoms. The summed E-state index contributed by atoms with van der Waals surface area (Å²) in [6.45, 7) is 15.3. The number of nitrogens with zero attached hydrogens (tertiary/aromatic N) is 5. The molecule has 6 rings (SSSR count). The summed E-state index contributed by atoms with van der Waals surface area (Å²) in [7, 11) is 2.21. The van der Waals surface area contributed by atoms with Gasteiger partial charge in [0, 0.05) is 99.0 Å². The van der Waals surface area contributed by atoms with Crippen LogP contribution >= 0.6 is 0 Å². The van der Waals surface area contributed by atoms with E-state index in [1.165, 1.54) is 41.3 Å². The van der Waals surface area contributed by atoms with Crippen LogP contribution in [0.4, 0.5) is 15.8 Å². The maximum Gasteiger partial charge on any atom is 0.253 e. The number of carbonyl (C=O) groups is 1. The zero-order valence-corrected chi connectivity index (χ0v) is 27.1. The number of carbonyl (C=O) groups excluding carboxylic acids is 1. The predicted molar refractivity (Wildman–Crippen MR) is 182 cm³/mol. The summed E-state index contributed by atoms with van der Waals surface area (Å²) in [5.74, 6) is -0.110. The maximum absolute atomic E-state index is 13.5. The van der Waals surface area contributed by atoms with Gasteiger partial charge in [-0.1, -0.05) is 12.1 Å². The minimum absolute atomic E-state index is 0.0767. The highest BCUT2D eigenvalue weighted by atomic mass is 19.1. The van der Waals surface area contributed by atoms with Gasteiger partial charge in [0.2, 0.25) is 0 Å². The first-order chi connectivity index (χ1) is 21.8. The molecule has 3 heterocycles. The van der Waals surface area contributed by atoms with Gasteiger partial charge in [0.25, 0.3) is 5.91 Å². The zero-order valence-electron chi connectivity index (χ0n) is 27.1. The Hall–Kier alpha value is -3.72. The molecule has 3 aromatic carbocycles. The molecule has 2 aliphatic rings. The number of halogens is 1. The third kappa shape index (κ3) is 7.57. The van der Waals surface area contributed by atoms with Crippen LogP contribution in [0, 0.1) is 19.7 Å². The number of piperazine rings is 2. The second kappa shape index (κ2) is 14.1. The Balaban J connectivity index is 1.01. The lowest BCUT2D eigenvalue weighted by atomic mass is 10.1. The monoisotopic (exact) mass is 610 g/mol. The van der Waals surface area contributed by atoms with Crippen LogP contribution in [0.15, 0.2) is 66.7 Å². The predicted octanol–water partition coefficient (Wildman–Crippen LogP) is 5.78. The average Bonchev–Trinajstić information content (AvgIpc) is 3.29. The van der Waals surface area contributed by atoms with E-state index in [1.54, 1.807) is 12.1 Å². The quantitative estimate of drug-likeness (QED) is 0.247. The SMILES string of the molecule is Cc1c(C)n(CCCN2CCN(C)CC2)c2ccc(Nc3ccc(C(=O)N4CCN(CCc5cccc(F)c5)CC4)cc3)cc12. The molecule has 0 spiro atoms. The molecule has 0 saturated carbocycles. The van der Waals surface area contributed by atoms with Gasteiger partial charge in [-0.05, 0) is 106 Å². The number of aromatic nitrogens is 1. The molecule has 45 heavy (non-hydrogen) atoms. The van der Waals surface area contributed by atoms with Gasteiger partial charge >= 0.3 is 0 Å². The van der Waals surface area contributed by atoms with E-state index >= 15 is 0 Å². The molecule has 1 aromatic heterocycles. The van der Waals surface area contributed by atoms with E-state index in [4.69, 9.17) is 0 Å². The van der Waals surface area contributed by atoms with E-state index < -0.39 is 0 Å². The molecule has 238 valence electrons. The van der Waals surface area contributed by atoms with E-state index in [9.17, 15) is 9.18 Å². The number of rotatable bonds is 10. The minimum Gasteiger partial charge on any atom is -0.356 e. The Kier molecular flexibility index (Phi) is 9.83. The van der Waals surface area contributed by atoms with Crippen molar-refractivity contribution >= 4 is 28.2 Å². The van der Waals surface area contributed by atoms with Crippen molar-refractivity contribution < 1.29 is 9.18 Å². The van der Waals surface area contributed by atoms with Gasteiger partial charge in [-0.3, -0.25) is 9.69 Å². The van der Waals surface area contributed by atoms with Gasteiger partial charge < -0.3 is 24.6 Å². The summed E-state index contributed by atoms with van der Waals surface area (Å²) < 4.78 is 16.0. The average molecular weight is 611 g/mol. The lowest BCUT2D eigenvalue weighted by Gasteiger charge is -2.34. The highest BCUT2D eigenvalue weighted by Crippen LogP contribution is 2.30. The van der Waals surface area contributed by atoms with Crippen molar-refractivity contribution in [3.05, 3.63) is 94.9 Å². The Bertz CT molecular complexity index is 1600. The fraction of sp³-hybridized carbons (Fsp3) is 0.432. The molecular formula is C37H47FN6O. The lowest BCUT2D eigenvalue weighted by molar-refractivity contribution is 0.0638. The van der Waals surface area contributed by atoms with E-state index in [0.29, 0.717) is 18.7 Å². The van der Waals surface area contributed by atoms with Crippen LogP contribution in [0.2, 0.25) is 0 Å². The van der Waals surface area contributed by atoms with Crippen molar-refractivity contribution in [3.8, 4) is 0 Å². The van der Waals surface area contributed by atoms with Gasteiger partial charge in [-0.2, -0.15) is 0 Å². The highest BCUT2D eigenvalue weighted by molar-refractivity contribution is 5.95. The molecule has 0 atom stereocenters. The smallest absolute Gasteiger partial charge is 0.253 e. The first kappa shape index (κ1) is 31.3. The van der Waals surface area contributed by atoms with Crippen LogP contribution in [0.5, 0.6) is 0 Å². The van der Waals surface area contributed by atoms with Crippen LogP contribution in [0.3, 0.4) is 0 Å². The molecule has 7 nitrogen and oxygen atoms in total. The second-order valence-electron chi connectivity index (χ2n) is 12.8. The van der Waals surface area contributed by atoms with Crippen LogP contribution in [-0.2, 0) is 13.0 Å². The molecule has 1 N–H and O–H groups in total. The molecule has 4 aromatic rings.